The molecule has 0 spiro atoms. The van der Waals surface area contributed by atoms with Gasteiger partial charge in [0.25, 0.3) is 0 Å². The minimum atomic E-state index is -1.25. The van der Waals surface area contributed by atoms with Crippen LogP contribution in [0.15, 0.2) is 114 Å². The Kier molecular flexibility index (Phi) is 10.6. The normalized spacial score (nSPS) is 13.3. The van der Waals surface area contributed by atoms with Crippen LogP contribution in [-0.2, 0) is 31.1 Å². The van der Waals surface area contributed by atoms with Crippen molar-refractivity contribution in [3.05, 3.63) is 131 Å². The van der Waals surface area contributed by atoms with Gasteiger partial charge in [-0.05, 0) is 46.5 Å². The zero-order valence-electron chi connectivity index (χ0n) is 24.4. The number of carbonyl (C=O) groups excluding carboxylic acids is 1. The molecule has 5 rings (SSSR count). The number of carboxylic acid groups (broad SMARTS) is 1. The molecule has 1 aliphatic rings. The number of nitrogens with zero attached hydrogens (tertiary/aromatic N) is 3. The molecule has 2 amide bonds. The van der Waals surface area contributed by atoms with Gasteiger partial charge in [0.05, 0.1) is 6.67 Å². The van der Waals surface area contributed by atoms with Crippen molar-refractivity contribution >= 4 is 18.2 Å². The van der Waals surface area contributed by atoms with Gasteiger partial charge in [0.2, 0.25) is 5.91 Å². The second kappa shape index (κ2) is 15.4. The molecule has 0 unspecified atom stereocenters. The number of hydrogen-bond acceptors (Lipinski definition) is 6. The van der Waals surface area contributed by atoms with E-state index in [0.29, 0.717) is 39.5 Å². The third-order valence-electron chi connectivity index (χ3n) is 7.19. The summed E-state index contributed by atoms with van der Waals surface area (Å²) in [4.78, 5) is 33.4. The predicted molar refractivity (Wildman–Crippen MR) is 169 cm³/mol. The van der Waals surface area contributed by atoms with Crippen LogP contribution in [-0.4, -0.2) is 58.9 Å². The summed E-state index contributed by atoms with van der Waals surface area (Å²) >= 11 is 0. The van der Waals surface area contributed by atoms with Crippen LogP contribution in [0, 0.1) is 0 Å². The lowest BCUT2D eigenvalue weighted by Gasteiger charge is -2.29. The van der Waals surface area contributed by atoms with Crippen molar-refractivity contribution in [1.29, 1.82) is 0 Å². The SMILES string of the molecule is O=C(O)N[C@@H](CN1CC=NC1)C(=O)N(Cc1ccc(OCc2ccccc2)cc1)Cc1ccc(OCc2ccccc2)cc1. The zero-order valence-corrected chi connectivity index (χ0v) is 24.4. The van der Waals surface area contributed by atoms with E-state index in [1.165, 1.54) is 0 Å². The van der Waals surface area contributed by atoms with E-state index in [1.807, 2.05) is 114 Å². The molecule has 1 atom stereocenters. The van der Waals surface area contributed by atoms with Crippen LogP contribution in [0.4, 0.5) is 4.79 Å². The summed E-state index contributed by atoms with van der Waals surface area (Å²) in [6.45, 7) is 2.72. The Labute approximate surface area is 257 Å². The Morgan fingerprint density at radius 3 is 1.68 bits per heavy atom. The van der Waals surface area contributed by atoms with Gasteiger partial charge in [-0.25, -0.2) is 4.79 Å². The van der Waals surface area contributed by atoms with Crippen LogP contribution in [0.1, 0.15) is 22.3 Å². The number of amides is 2. The molecule has 0 aliphatic carbocycles. The van der Waals surface area contributed by atoms with E-state index in [-0.39, 0.29) is 12.5 Å². The van der Waals surface area contributed by atoms with E-state index < -0.39 is 12.1 Å². The third-order valence-corrected chi connectivity index (χ3v) is 7.19. The fourth-order valence-electron chi connectivity index (χ4n) is 4.87. The molecule has 4 aromatic carbocycles. The summed E-state index contributed by atoms with van der Waals surface area (Å²) in [7, 11) is 0. The van der Waals surface area contributed by atoms with Gasteiger partial charge in [0, 0.05) is 32.4 Å². The quantitative estimate of drug-likeness (QED) is 0.205. The second-order valence-electron chi connectivity index (χ2n) is 10.6. The Bertz CT molecular complexity index is 1420. The van der Waals surface area contributed by atoms with Crippen molar-refractivity contribution in [2.45, 2.75) is 32.3 Å². The highest BCUT2D eigenvalue weighted by molar-refractivity contribution is 5.85. The first-order valence-electron chi connectivity index (χ1n) is 14.5. The summed E-state index contributed by atoms with van der Waals surface area (Å²) in [6, 6.07) is 34.2. The van der Waals surface area contributed by atoms with Gasteiger partial charge in [-0.15, -0.1) is 0 Å². The number of benzene rings is 4. The maximum atomic E-state index is 13.9. The molecule has 226 valence electrons. The van der Waals surface area contributed by atoms with Crippen molar-refractivity contribution < 1.29 is 24.2 Å². The standard InChI is InChI=1S/C35H36N4O5/c40-34(33(37-35(41)42)23-38-20-19-36-26-38)39(21-27-11-15-31(16-12-27)43-24-29-7-3-1-4-8-29)22-28-13-17-32(18-14-28)44-25-30-9-5-2-6-10-30/h1-19,33,37H,20-26H2,(H,41,42)/t33-/m0/s1. The highest BCUT2D eigenvalue weighted by Gasteiger charge is 2.29. The van der Waals surface area contributed by atoms with Gasteiger partial charge in [-0.1, -0.05) is 84.9 Å². The van der Waals surface area contributed by atoms with Crippen molar-refractivity contribution in [3.8, 4) is 11.5 Å². The van der Waals surface area contributed by atoms with Crippen LogP contribution in [0.2, 0.25) is 0 Å². The van der Waals surface area contributed by atoms with E-state index in [0.717, 1.165) is 33.8 Å². The molecule has 4 aromatic rings. The van der Waals surface area contributed by atoms with Crippen molar-refractivity contribution in [3.63, 3.8) is 0 Å². The number of rotatable bonds is 14. The summed E-state index contributed by atoms with van der Waals surface area (Å²) < 4.78 is 11.9. The number of aliphatic imine (C=N–C) groups is 1. The van der Waals surface area contributed by atoms with Crippen molar-refractivity contribution in [1.82, 2.24) is 15.1 Å². The lowest BCUT2D eigenvalue weighted by atomic mass is 10.1. The monoisotopic (exact) mass is 592 g/mol. The van der Waals surface area contributed by atoms with Gasteiger partial charge in [-0.2, -0.15) is 0 Å². The van der Waals surface area contributed by atoms with Gasteiger partial charge in [-0.3, -0.25) is 14.7 Å². The molecule has 0 saturated heterocycles. The molecule has 1 heterocycles. The number of ether oxygens (including phenoxy) is 2. The molecular formula is C35H36N4O5. The van der Waals surface area contributed by atoms with Crippen molar-refractivity contribution in [2.75, 3.05) is 19.8 Å². The molecular weight excluding hydrogens is 556 g/mol. The number of nitrogens with one attached hydrogen (secondary N) is 1. The first-order valence-corrected chi connectivity index (χ1v) is 14.5. The number of hydrogen-bond donors (Lipinski definition) is 2. The molecule has 0 fully saturated rings. The second-order valence-corrected chi connectivity index (χ2v) is 10.6. The summed E-state index contributed by atoms with van der Waals surface area (Å²) in [5.74, 6) is 1.13. The molecule has 2 N–H and O–H groups in total. The molecule has 44 heavy (non-hydrogen) atoms. The van der Waals surface area contributed by atoms with Crippen LogP contribution >= 0.6 is 0 Å². The van der Waals surface area contributed by atoms with Crippen LogP contribution in [0.5, 0.6) is 11.5 Å². The molecule has 9 heteroatoms. The topological polar surface area (TPSA) is 104 Å². The van der Waals surface area contributed by atoms with Crippen LogP contribution < -0.4 is 14.8 Å². The van der Waals surface area contributed by atoms with Gasteiger partial charge < -0.3 is 24.8 Å². The average molecular weight is 593 g/mol. The van der Waals surface area contributed by atoms with Gasteiger partial charge in [0.1, 0.15) is 30.8 Å². The summed E-state index contributed by atoms with van der Waals surface area (Å²) in [6.07, 6.45) is 0.520. The minimum absolute atomic E-state index is 0.222. The Hall–Kier alpha value is -5.15. The van der Waals surface area contributed by atoms with Crippen molar-refractivity contribution in [2.24, 2.45) is 4.99 Å². The summed E-state index contributed by atoms with van der Waals surface area (Å²) in [5, 5.41) is 12.0. The first kappa shape index (κ1) is 30.3. The van der Waals surface area contributed by atoms with E-state index in [1.54, 1.807) is 11.1 Å². The highest BCUT2D eigenvalue weighted by atomic mass is 16.5. The zero-order chi connectivity index (χ0) is 30.6. The molecule has 0 aromatic heterocycles. The largest absolute Gasteiger partial charge is 0.489 e. The van der Waals surface area contributed by atoms with Gasteiger partial charge >= 0.3 is 6.09 Å². The molecule has 0 bridgehead atoms. The van der Waals surface area contributed by atoms with E-state index in [4.69, 9.17) is 9.47 Å². The fourth-order valence-corrected chi connectivity index (χ4v) is 4.87. The Morgan fingerprint density at radius 2 is 1.25 bits per heavy atom. The van der Waals surface area contributed by atoms with E-state index in [2.05, 4.69) is 10.3 Å². The third kappa shape index (κ3) is 9.17. The van der Waals surface area contributed by atoms with Crippen LogP contribution in [0.3, 0.4) is 0 Å². The predicted octanol–water partition coefficient (Wildman–Crippen LogP) is 5.35. The maximum Gasteiger partial charge on any atom is 0.405 e. The molecule has 9 nitrogen and oxygen atoms in total. The summed E-state index contributed by atoms with van der Waals surface area (Å²) in [5.41, 5.74) is 3.94. The smallest absolute Gasteiger partial charge is 0.405 e. The molecule has 0 saturated carbocycles. The van der Waals surface area contributed by atoms with Gasteiger partial charge in [0.15, 0.2) is 0 Å². The average Bonchev–Trinajstić information content (AvgIpc) is 3.57. The molecule has 1 aliphatic heterocycles. The first-order chi connectivity index (χ1) is 21.5. The lowest BCUT2D eigenvalue weighted by Crippen LogP contribution is -2.53. The van der Waals surface area contributed by atoms with Crippen LogP contribution in [0.25, 0.3) is 0 Å². The fraction of sp³-hybridized carbons (Fsp3) is 0.229. The van der Waals surface area contributed by atoms with E-state index in [9.17, 15) is 14.7 Å². The highest BCUT2D eigenvalue weighted by Crippen LogP contribution is 2.20. The maximum absolute atomic E-state index is 13.9. The minimum Gasteiger partial charge on any atom is -0.489 e. The lowest BCUT2D eigenvalue weighted by molar-refractivity contribution is -0.135. The Morgan fingerprint density at radius 1 is 0.750 bits per heavy atom. The molecule has 0 radical (unpaired) electrons. The Balaban J connectivity index is 1.28. The van der Waals surface area contributed by atoms with E-state index >= 15 is 0 Å². The number of carbonyl (C=O) groups is 2.